The van der Waals surface area contributed by atoms with Gasteiger partial charge in [-0.25, -0.2) is 49.9 Å². The van der Waals surface area contributed by atoms with Crippen LogP contribution in [0.15, 0.2) is 84.9 Å². The zero-order chi connectivity index (χ0) is 53.9. The Labute approximate surface area is 460 Å². The molecular weight excluding hydrogens is 1310 g/mol. The molecule has 4 aromatic carbocycles. The zero-order valence-electron chi connectivity index (χ0n) is 38.8. The molecule has 393 valence electrons. The molecule has 1 amide bonds. The van der Waals surface area contributed by atoms with Crippen LogP contribution in [0.4, 0.5) is 58.1 Å². The van der Waals surface area contributed by atoms with E-state index in [2.05, 4.69) is 60.1 Å². The number of halogens is 12. The molecule has 5 heterocycles. The number of aromatic carboxylic acids is 1. The van der Waals surface area contributed by atoms with Crippen LogP contribution in [-0.4, -0.2) is 89.3 Å². The molecule has 0 spiro atoms. The first-order valence-corrected chi connectivity index (χ1v) is 31.0. The second kappa shape index (κ2) is 24.9. The number of para-hydroxylation sites is 2. The van der Waals surface area contributed by atoms with Gasteiger partial charge in [-0.3, -0.25) is 9.59 Å². The Morgan fingerprint density at radius 3 is 1.40 bits per heavy atom. The van der Waals surface area contributed by atoms with Gasteiger partial charge in [0.2, 0.25) is 0 Å². The van der Waals surface area contributed by atoms with E-state index in [-0.39, 0.29) is 98.0 Å². The number of aromatic nitrogens is 6. The summed E-state index contributed by atoms with van der Waals surface area (Å²) in [7, 11) is 3.56. The number of carbonyl (C=O) groups excluding carboxylic acids is 1. The van der Waals surface area contributed by atoms with Crippen molar-refractivity contribution >= 4 is 115 Å². The maximum atomic E-state index is 14.8. The van der Waals surface area contributed by atoms with Crippen LogP contribution in [0.5, 0.6) is 0 Å². The van der Waals surface area contributed by atoms with Crippen molar-refractivity contribution in [3.63, 3.8) is 0 Å². The zero-order valence-corrected chi connectivity index (χ0v) is 46.0. The van der Waals surface area contributed by atoms with E-state index in [1.54, 1.807) is 4.90 Å². The number of fused-ring (bicyclic) bond motifs is 2. The second-order valence-corrected chi connectivity index (χ2v) is 28.7. The number of nitrogens with zero attached hydrogens (tertiary/aromatic N) is 9. The SMILES string of the molecule is CN(c1c(F)cccc1Cl)c1cc(-c2cc(F)c(F)c(F)c2)nc2cc(C(=O)N3CCC(CC(=O)O)CC3)nn12.CN(c1c(F)cccc1Cl)c1cc(-c2cc(F)c(F)c(F)c2)nc2cc(C(=O)O)nn12.[CH3-].[I][V][I]. The van der Waals surface area contributed by atoms with E-state index in [0.29, 0.717) is 35.4 Å². The van der Waals surface area contributed by atoms with E-state index in [0.717, 1.165) is 34.8 Å². The first-order chi connectivity index (χ1) is 35.1. The molecule has 14 nitrogen and oxygen atoms in total. The van der Waals surface area contributed by atoms with Gasteiger partial charge in [0.1, 0.15) is 23.3 Å². The molecule has 0 aliphatic carbocycles. The van der Waals surface area contributed by atoms with Crippen molar-refractivity contribution in [1.82, 2.24) is 34.1 Å². The van der Waals surface area contributed by atoms with Crippen LogP contribution >= 0.6 is 63.2 Å². The molecule has 4 aromatic heterocycles. The van der Waals surface area contributed by atoms with Crippen molar-refractivity contribution in [3.8, 4) is 22.5 Å². The number of carbonyl (C=O) groups is 3. The third kappa shape index (κ3) is 12.9. The quantitative estimate of drug-likeness (QED) is 0.0580. The Morgan fingerprint density at radius 1 is 0.640 bits per heavy atom. The summed E-state index contributed by atoms with van der Waals surface area (Å²) in [6, 6.07) is 16.3. The van der Waals surface area contributed by atoms with Crippen molar-refractivity contribution in [2.45, 2.75) is 19.3 Å². The molecule has 1 fully saturated rings. The van der Waals surface area contributed by atoms with Crippen molar-refractivity contribution < 1.29 is 69.2 Å². The molecule has 9 rings (SSSR count). The monoisotopic (exact) mass is 1340 g/mol. The molecule has 0 saturated carbocycles. The Morgan fingerprint density at radius 2 is 1.03 bits per heavy atom. The van der Waals surface area contributed by atoms with E-state index >= 15 is 0 Å². The normalized spacial score (nSPS) is 12.3. The van der Waals surface area contributed by atoms with Gasteiger partial charge in [0.05, 0.1) is 32.8 Å². The van der Waals surface area contributed by atoms with Crippen LogP contribution in [0, 0.1) is 59.9 Å². The van der Waals surface area contributed by atoms with Gasteiger partial charge in [-0.05, 0) is 67.3 Å². The predicted molar refractivity (Wildman–Crippen MR) is 278 cm³/mol. The molecule has 1 saturated heterocycles. The number of benzene rings is 4. The summed E-state index contributed by atoms with van der Waals surface area (Å²) in [6.07, 6.45) is 1.08. The fraction of sp³-hybridized carbons (Fsp3) is 0.167. The van der Waals surface area contributed by atoms with Crippen LogP contribution in [0.1, 0.15) is 40.2 Å². The molecule has 1 aliphatic heterocycles. The van der Waals surface area contributed by atoms with Crippen LogP contribution in [0.3, 0.4) is 0 Å². The molecule has 0 unspecified atom stereocenters. The summed E-state index contributed by atoms with van der Waals surface area (Å²) in [5.41, 5.74) is -0.578. The Balaban J connectivity index is 0.000000235. The van der Waals surface area contributed by atoms with Crippen LogP contribution < -0.4 is 9.80 Å². The van der Waals surface area contributed by atoms with Gasteiger partial charge < -0.3 is 32.3 Å². The summed E-state index contributed by atoms with van der Waals surface area (Å²) >= 11 is 17.1. The summed E-state index contributed by atoms with van der Waals surface area (Å²) in [6.45, 7) is 0.685. The molecule has 75 heavy (non-hydrogen) atoms. The second-order valence-electron chi connectivity index (χ2n) is 16.1. The molecule has 2 N–H and O–H groups in total. The number of likely N-dealkylation sites (tertiary alicyclic amines) is 1. The number of hydrogen-bond donors (Lipinski definition) is 2. The summed E-state index contributed by atoms with van der Waals surface area (Å²) in [5.74, 6) is -12.7. The van der Waals surface area contributed by atoms with Crippen LogP contribution in [0.2, 0.25) is 10.0 Å². The van der Waals surface area contributed by atoms with Gasteiger partial charge in [0.25, 0.3) is 5.91 Å². The van der Waals surface area contributed by atoms with E-state index in [4.69, 9.17) is 28.3 Å². The fourth-order valence-corrected chi connectivity index (χ4v) is 8.48. The number of carboxylic acids is 2. The summed E-state index contributed by atoms with van der Waals surface area (Å²) in [5, 5.41) is 26.8. The van der Waals surface area contributed by atoms with Gasteiger partial charge in [-0.2, -0.15) is 19.2 Å². The molecular formula is C48H36Cl2F8I2N9O5V-. The number of hydrogen-bond acceptors (Lipinski definition) is 9. The number of aliphatic carboxylic acids is 1. The third-order valence-corrected chi connectivity index (χ3v) is 12.0. The van der Waals surface area contributed by atoms with E-state index in [1.807, 2.05) is 0 Å². The molecule has 0 bridgehead atoms. The van der Waals surface area contributed by atoms with Gasteiger partial charge in [0.15, 0.2) is 57.6 Å². The standard InChI is InChI=1S/C27H22ClF4N5O3.C20H11ClF4N4O2.CH3.2HI.V/c1-35(26-16(28)3-2-4-17(26)29)23-13-20(15-10-18(30)25(32)19(31)11-15)33-22-12-21(34-37(22)23)27(40)36-7-5-14(6-8-36)9-24(38)39;1-28(19-10(21)3-2-4-11(19)22)17-8-14(9-5-12(23)18(25)13(24)6-9)26-16-7-15(20(30)31)27-29(16)17;;;;/h2-4,10-14H,5-9H2,1H3,(H,38,39);2-8H,1H3,(H,30,31);1H3;2*1H;/q;;-1;;;+2/p-2. The minimum atomic E-state index is -1.64. The Bertz CT molecular complexity index is 3400. The summed E-state index contributed by atoms with van der Waals surface area (Å²) < 4.78 is 114. The van der Waals surface area contributed by atoms with E-state index < -0.39 is 64.4 Å². The van der Waals surface area contributed by atoms with Crippen molar-refractivity contribution in [3.05, 3.63) is 160 Å². The van der Waals surface area contributed by atoms with E-state index in [1.165, 1.54) is 83.0 Å². The number of carboxylic acid groups (broad SMARTS) is 2. The van der Waals surface area contributed by atoms with E-state index in [9.17, 15) is 54.6 Å². The van der Waals surface area contributed by atoms with Gasteiger partial charge >= 0.3 is 61.4 Å². The first-order valence-electron chi connectivity index (χ1n) is 21.3. The van der Waals surface area contributed by atoms with Crippen molar-refractivity contribution in [1.29, 1.82) is 0 Å². The molecule has 0 radical (unpaired) electrons. The number of amides is 1. The average Bonchev–Trinajstić information content (AvgIpc) is 4.00. The predicted octanol–water partition coefficient (Wildman–Crippen LogP) is 13.0. The Kier molecular flexibility index (Phi) is 19.4. The topological polar surface area (TPSA) is 162 Å². The van der Waals surface area contributed by atoms with Gasteiger partial charge in [0, 0.05) is 69.0 Å². The number of rotatable bonds is 10. The maximum absolute atomic E-state index is 14.8. The fourth-order valence-electron chi connectivity index (χ4n) is 7.90. The molecule has 1 aliphatic rings. The average molecular weight is 1350 g/mol. The third-order valence-electron chi connectivity index (χ3n) is 11.4. The van der Waals surface area contributed by atoms with Gasteiger partial charge in [-0.1, -0.05) is 35.3 Å². The minimum absolute atomic E-state index is 0. The number of piperidine rings is 1. The van der Waals surface area contributed by atoms with Crippen molar-refractivity contribution in [2.75, 3.05) is 37.0 Å². The van der Waals surface area contributed by atoms with Crippen molar-refractivity contribution in [2.24, 2.45) is 5.92 Å². The molecule has 0 atom stereocenters. The molecule has 27 heteroatoms. The van der Waals surface area contributed by atoms with Crippen LogP contribution in [0.25, 0.3) is 33.8 Å². The summed E-state index contributed by atoms with van der Waals surface area (Å²) in [4.78, 5) is 48.5. The van der Waals surface area contributed by atoms with Crippen LogP contribution in [-0.2, 0) is 14.3 Å². The molecule has 8 aromatic rings. The first kappa shape index (κ1) is 58.5. The Hall–Kier alpha value is -5.81. The number of anilines is 4. The van der Waals surface area contributed by atoms with Gasteiger partial charge in [-0.15, -0.1) is 0 Å².